The molecule has 2 saturated heterocycles. The van der Waals surface area contributed by atoms with Gasteiger partial charge < -0.3 is 0 Å². The van der Waals surface area contributed by atoms with Gasteiger partial charge in [-0.2, -0.15) is 0 Å². The Morgan fingerprint density at radius 1 is 1.23 bits per heavy atom. The first-order valence-electron chi connectivity index (χ1n) is 4.66. The first-order valence-corrected chi connectivity index (χ1v) is 6.60. The molecule has 2 heterocycles. The quantitative estimate of drug-likeness (QED) is 0.678. The maximum atomic E-state index is 5.74. The first kappa shape index (κ1) is 9.77. The Bertz CT molecular complexity index is 200. The first-order chi connectivity index (χ1) is 6.22. The van der Waals surface area contributed by atoms with E-state index in [1.165, 1.54) is 0 Å². The summed E-state index contributed by atoms with van der Waals surface area (Å²) >= 11 is 0. The molecule has 2 rings (SSSR count). The summed E-state index contributed by atoms with van der Waals surface area (Å²) < 4.78 is 19.3. The zero-order valence-corrected chi connectivity index (χ0v) is 9.05. The summed E-state index contributed by atoms with van der Waals surface area (Å²) in [4.78, 5) is 0. The number of hydrogen-bond donors (Lipinski definition) is 1. The Morgan fingerprint density at radius 3 is 2.31 bits per heavy atom. The van der Waals surface area contributed by atoms with Gasteiger partial charge >= 0.3 is 77.8 Å². The minimum atomic E-state index is -3.01. The topological polar surface area (TPSA) is 43.0 Å². The zero-order valence-electron chi connectivity index (χ0n) is 8.15. The second kappa shape index (κ2) is 3.12. The summed E-state index contributed by atoms with van der Waals surface area (Å²) in [7, 11) is -1.03. The van der Waals surface area contributed by atoms with E-state index < -0.39 is 7.59 Å². The summed E-state index contributed by atoms with van der Waals surface area (Å²) in [5, 5.41) is 3.27. The minimum absolute atomic E-state index is 0.620. The van der Waals surface area contributed by atoms with Crippen LogP contribution in [0.25, 0.3) is 0 Å². The van der Waals surface area contributed by atoms with Gasteiger partial charge in [0.25, 0.3) is 0 Å². The molecule has 0 saturated carbocycles. The molecule has 0 aromatic rings. The van der Waals surface area contributed by atoms with E-state index in [9.17, 15) is 0 Å². The molecule has 5 nitrogen and oxygen atoms in total. The van der Waals surface area contributed by atoms with Gasteiger partial charge in [-0.15, -0.1) is 0 Å². The van der Waals surface area contributed by atoms with Crippen molar-refractivity contribution in [3.05, 3.63) is 0 Å². The van der Waals surface area contributed by atoms with Crippen molar-refractivity contribution in [3.8, 4) is 0 Å². The Hall–Kier alpha value is 0.230. The van der Waals surface area contributed by atoms with Gasteiger partial charge in [0.1, 0.15) is 0 Å². The number of likely N-dealkylation sites (N-methyl/N-ethyl adjacent to an activating group) is 1. The van der Waals surface area contributed by atoms with Gasteiger partial charge in [-0.3, -0.25) is 0 Å². The predicted molar refractivity (Wildman–Crippen MR) is 51.1 cm³/mol. The van der Waals surface area contributed by atoms with Crippen LogP contribution in [0.4, 0.5) is 0 Å². The van der Waals surface area contributed by atoms with Crippen molar-refractivity contribution in [2.45, 2.75) is 6.92 Å². The molecule has 1 spiro atoms. The van der Waals surface area contributed by atoms with Gasteiger partial charge in [0.15, 0.2) is 0 Å². The molecule has 0 aliphatic carbocycles. The fourth-order valence-electron chi connectivity index (χ4n) is 1.83. The third-order valence-corrected chi connectivity index (χ3v) is 6.60. The molecule has 6 heteroatoms. The van der Waals surface area contributed by atoms with E-state index >= 15 is 0 Å². The molecule has 78 valence electrons. The number of rotatable bonds is 2. The summed E-state index contributed by atoms with van der Waals surface area (Å²) in [5.41, 5.74) is 0. The van der Waals surface area contributed by atoms with Gasteiger partial charge in [0.05, 0.1) is 0 Å². The fraction of sp³-hybridized carbons (Fsp3) is 1.00. The van der Waals surface area contributed by atoms with Crippen molar-refractivity contribution in [1.82, 2.24) is 9.76 Å². The molecule has 0 aromatic carbocycles. The Balaban J connectivity index is 2.28. The summed E-state index contributed by atoms with van der Waals surface area (Å²) in [5.74, 6) is 0. The molecule has 0 bridgehead atoms. The predicted octanol–water partition coefficient (Wildman–Crippen LogP) is 0.733. The van der Waals surface area contributed by atoms with Crippen molar-refractivity contribution in [2.75, 3.05) is 40.0 Å². The molecule has 0 atom stereocenters. The molecule has 0 amide bonds. The van der Waals surface area contributed by atoms with Crippen LogP contribution in [0.1, 0.15) is 6.92 Å². The second-order valence-corrected chi connectivity index (χ2v) is 6.69. The molecule has 0 radical (unpaired) electrons. The third kappa shape index (κ3) is 1.23. The van der Waals surface area contributed by atoms with Crippen molar-refractivity contribution in [2.24, 2.45) is 0 Å². The van der Waals surface area contributed by atoms with E-state index in [0.717, 1.165) is 13.1 Å². The van der Waals surface area contributed by atoms with Crippen LogP contribution >= 0.6 is 7.59 Å². The van der Waals surface area contributed by atoms with Gasteiger partial charge in [0.2, 0.25) is 0 Å². The van der Waals surface area contributed by atoms with Gasteiger partial charge in [0, 0.05) is 0 Å². The van der Waals surface area contributed by atoms with Crippen molar-refractivity contribution < 1.29 is 13.6 Å². The van der Waals surface area contributed by atoms with Crippen LogP contribution in [0.15, 0.2) is 0 Å². The molecule has 1 N–H and O–H groups in total. The van der Waals surface area contributed by atoms with E-state index in [0.29, 0.717) is 19.8 Å². The maximum absolute atomic E-state index is 5.74. The molecule has 13 heavy (non-hydrogen) atoms. The normalized spacial score (nSPS) is 34.8. The molecule has 2 aliphatic heterocycles. The number of hydrogen-bond acceptors (Lipinski definition) is 5. The van der Waals surface area contributed by atoms with Crippen LogP contribution in [0.3, 0.4) is 0 Å². The second-order valence-electron chi connectivity index (χ2n) is 3.24. The Morgan fingerprint density at radius 2 is 1.85 bits per heavy atom. The molecular weight excluding hydrogens is 191 g/mol. The number of nitrogens with zero attached hydrogens (tertiary/aromatic N) is 1. The van der Waals surface area contributed by atoms with E-state index in [4.69, 9.17) is 13.6 Å². The van der Waals surface area contributed by atoms with Crippen LogP contribution in [0.5, 0.6) is 0 Å². The average Bonchev–Trinajstić information content (AvgIpc) is 2.64. The molecular formula is C7H17N2O3P. The molecule has 2 fully saturated rings. The van der Waals surface area contributed by atoms with Crippen LogP contribution in [-0.2, 0) is 13.6 Å². The Kier molecular flexibility index (Phi) is 2.35. The van der Waals surface area contributed by atoms with Gasteiger partial charge in [-0.05, 0) is 0 Å². The van der Waals surface area contributed by atoms with Crippen LogP contribution in [0.2, 0.25) is 0 Å². The Labute approximate surface area is 78.6 Å². The zero-order chi connectivity index (χ0) is 9.39. The standard InChI is InChI=1S/C7H17N2O3P/c1-3-8-13(11-6-7-12-13)9(2)4-5-10-13/h8H,3-7H2,1-2H3. The SMILES string of the molecule is CCNP12(OCCO1)OCCN2C. The summed E-state index contributed by atoms with van der Waals surface area (Å²) in [6, 6.07) is 0. The van der Waals surface area contributed by atoms with Crippen molar-refractivity contribution >= 4 is 7.59 Å². The van der Waals surface area contributed by atoms with Crippen LogP contribution in [0, 0.1) is 0 Å². The summed E-state index contributed by atoms with van der Waals surface area (Å²) in [6.07, 6.45) is 0. The van der Waals surface area contributed by atoms with E-state index in [1.807, 2.05) is 14.0 Å². The van der Waals surface area contributed by atoms with E-state index in [1.54, 1.807) is 0 Å². The van der Waals surface area contributed by atoms with Crippen LogP contribution in [-0.4, -0.2) is 44.6 Å². The van der Waals surface area contributed by atoms with Crippen molar-refractivity contribution in [1.29, 1.82) is 0 Å². The molecule has 0 aromatic heterocycles. The number of nitrogens with one attached hydrogen (secondary N) is 1. The van der Waals surface area contributed by atoms with E-state index in [-0.39, 0.29) is 0 Å². The van der Waals surface area contributed by atoms with Crippen LogP contribution < -0.4 is 5.09 Å². The summed E-state index contributed by atoms with van der Waals surface area (Å²) in [6.45, 7) is 5.61. The monoisotopic (exact) mass is 208 g/mol. The van der Waals surface area contributed by atoms with E-state index in [2.05, 4.69) is 9.76 Å². The fourth-order valence-corrected chi connectivity index (χ4v) is 5.31. The molecule has 2 aliphatic rings. The third-order valence-electron chi connectivity index (χ3n) is 2.47. The van der Waals surface area contributed by atoms with Gasteiger partial charge in [-0.25, -0.2) is 0 Å². The molecule has 0 unspecified atom stereocenters. The average molecular weight is 208 g/mol. The van der Waals surface area contributed by atoms with Gasteiger partial charge in [-0.1, -0.05) is 0 Å². The van der Waals surface area contributed by atoms with Crippen molar-refractivity contribution in [3.63, 3.8) is 0 Å².